The largest absolute Gasteiger partial charge is 0.337 e. The summed E-state index contributed by atoms with van der Waals surface area (Å²) in [5, 5.41) is 4.72. The molecule has 1 aliphatic rings. The number of hydrogen-bond acceptors (Lipinski definition) is 3. The number of rotatable bonds is 1. The molecule has 2 aromatic rings. The number of nitrogens with zero attached hydrogens (tertiary/aromatic N) is 1. The predicted molar refractivity (Wildman–Crippen MR) is 60.6 cm³/mol. The van der Waals surface area contributed by atoms with Gasteiger partial charge in [-0.2, -0.15) is 0 Å². The fraction of sp³-hybridized carbons (Fsp3) is 0.500. The maximum absolute atomic E-state index is 11.9. The number of hydrogen-bond donors (Lipinski definition) is 1. The molecule has 0 bridgehead atoms. The van der Waals surface area contributed by atoms with Gasteiger partial charge in [0.25, 0.3) is 0 Å². The van der Waals surface area contributed by atoms with Crippen molar-refractivity contribution >= 4 is 11.1 Å². The maximum atomic E-state index is 11.9. The molecule has 2 heterocycles. The molecule has 0 aromatic carbocycles. The van der Waals surface area contributed by atoms with E-state index in [0.717, 1.165) is 24.2 Å². The second-order valence-corrected chi connectivity index (χ2v) is 4.57. The van der Waals surface area contributed by atoms with Crippen molar-refractivity contribution in [1.29, 1.82) is 0 Å². The molecule has 1 fully saturated rings. The third kappa shape index (κ3) is 1.37. The van der Waals surface area contributed by atoms with Crippen molar-refractivity contribution in [2.45, 2.75) is 38.5 Å². The zero-order valence-electron chi connectivity index (χ0n) is 9.25. The highest BCUT2D eigenvalue weighted by Crippen LogP contribution is 2.35. The van der Waals surface area contributed by atoms with Crippen LogP contribution in [0.25, 0.3) is 11.1 Å². The molecule has 2 aromatic heterocycles. The van der Waals surface area contributed by atoms with Crippen molar-refractivity contribution < 1.29 is 4.52 Å². The van der Waals surface area contributed by atoms with Gasteiger partial charge >= 0.3 is 0 Å². The lowest BCUT2D eigenvalue weighted by Crippen LogP contribution is -2.05. The Morgan fingerprint density at radius 1 is 1.44 bits per heavy atom. The van der Waals surface area contributed by atoms with Crippen molar-refractivity contribution in [2.75, 3.05) is 0 Å². The molecule has 1 saturated carbocycles. The quantitative estimate of drug-likeness (QED) is 0.799. The summed E-state index contributed by atoms with van der Waals surface area (Å²) >= 11 is 0. The smallest absolute Gasteiger partial charge is 0.240 e. The second-order valence-electron chi connectivity index (χ2n) is 4.57. The Morgan fingerprint density at radius 3 is 2.94 bits per heavy atom. The first-order valence-electron chi connectivity index (χ1n) is 5.75. The minimum absolute atomic E-state index is 0.0226. The maximum Gasteiger partial charge on any atom is 0.240 e. The normalized spacial score (nSPS) is 17.3. The van der Waals surface area contributed by atoms with Crippen molar-refractivity contribution in [3.8, 4) is 0 Å². The van der Waals surface area contributed by atoms with Gasteiger partial charge in [-0.1, -0.05) is 18.0 Å². The Hall–Kier alpha value is -1.58. The molecule has 84 valence electrons. The molecule has 3 rings (SSSR count). The number of aromatic amines is 1. The number of aryl methyl sites for hydroxylation is 1. The number of fused-ring (bicyclic) bond motifs is 1. The Kier molecular flexibility index (Phi) is 2.09. The highest BCUT2D eigenvalue weighted by Gasteiger charge is 2.24. The number of aromatic nitrogens is 2. The average molecular weight is 218 g/mol. The summed E-state index contributed by atoms with van der Waals surface area (Å²) in [6.45, 7) is 1.85. The van der Waals surface area contributed by atoms with Crippen LogP contribution < -0.4 is 5.43 Å². The van der Waals surface area contributed by atoms with Gasteiger partial charge in [-0.25, -0.2) is 0 Å². The Labute approximate surface area is 92.6 Å². The van der Waals surface area contributed by atoms with Crippen LogP contribution in [-0.4, -0.2) is 10.1 Å². The van der Waals surface area contributed by atoms with Crippen molar-refractivity contribution in [3.63, 3.8) is 0 Å². The molecule has 4 heteroatoms. The number of nitrogens with one attached hydrogen (secondary N) is 1. The topological polar surface area (TPSA) is 58.9 Å². The average Bonchev–Trinajstić information content (AvgIpc) is 2.82. The van der Waals surface area contributed by atoms with E-state index in [9.17, 15) is 4.79 Å². The lowest BCUT2D eigenvalue weighted by Gasteiger charge is -2.03. The van der Waals surface area contributed by atoms with E-state index in [1.807, 2.05) is 6.92 Å². The summed E-state index contributed by atoms with van der Waals surface area (Å²) in [6.07, 6.45) is 4.69. The Bertz CT molecular complexity index is 576. The van der Waals surface area contributed by atoms with Gasteiger partial charge in [-0.05, 0) is 19.8 Å². The third-order valence-corrected chi connectivity index (χ3v) is 3.37. The molecule has 0 radical (unpaired) electrons. The monoisotopic (exact) mass is 218 g/mol. The van der Waals surface area contributed by atoms with E-state index in [1.54, 1.807) is 6.07 Å². The molecule has 0 spiro atoms. The SMILES string of the molecule is Cc1cc(=O)c2c(C3CCCC3)noc2[nH]1. The van der Waals surface area contributed by atoms with Crippen LogP contribution >= 0.6 is 0 Å². The van der Waals surface area contributed by atoms with Crippen molar-refractivity contribution in [2.24, 2.45) is 0 Å². The van der Waals surface area contributed by atoms with Crippen LogP contribution in [0, 0.1) is 6.92 Å². The molecule has 1 aliphatic carbocycles. The summed E-state index contributed by atoms with van der Waals surface area (Å²) < 4.78 is 5.22. The summed E-state index contributed by atoms with van der Waals surface area (Å²) in [7, 11) is 0. The fourth-order valence-corrected chi connectivity index (χ4v) is 2.59. The molecule has 0 amide bonds. The molecule has 0 aliphatic heterocycles. The van der Waals surface area contributed by atoms with E-state index < -0.39 is 0 Å². The summed E-state index contributed by atoms with van der Waals surface area (Å²) in [6, 6.07) is 1.61. The van der Waals surface area contributed by atoms with Crippen molar-refractivity contribution in [3.05, 3.63) is 27.7 Å². The minimum Gasteiger partial charge on any atom is -0.337 e. The number of H-pyrrole nitrogens is 1. The molecular weight excluding hydrogens is 204 g/mol. The molecule has 16 heavy (non-hydrogen) atoms. The zero-order valence-corrected chi connectivity index (χ0v) is 9.25. The van der Waals surface area contributed by atoms with E-state index in [0.29, 0.717) is 17.0 Å². The van der Waals surface area contributed by atoms with Crippen molar-refractivity contribution in [1.82, 2.24) is 10.1 Å². The molecule has 0 atom stereocenters. The predicted octanol–water partition coefficient (Wildman–Crippen LogP) is 2.48. The van der Waals surface area contributed by atoms with E-state index in [2.05, 4.69) is 10.1 Å². The van der Waals surface area contributed by atoms with Gasteiger partial charge in [0.2, 0.25) is 5.71 Å². The van der Waals surface area contributed by atoms with Crippen LogP contribution in [0.15, 0.2) is 15.4 Å². The van der Waals surface area contributed by atoms with Crippen LogP contribution in [-0.2, 0) is 0 Å². The highest BCUT2D eigenvalue weighted by atomic mass is 16.5. The highest BCUT2D eigenvalue weighted by molar-refractivity contribution is 5.76. The lowest BCUT2D eigenvalue weighted by atomic mass is 10.0. The van der Waals surface area contributed by atoms with Crippen LogP contribution in [0.3, 0.4) is 0 Å². The van der Waals surface area contributed by atoms with Crippen LogP contribution in [0.2, 0.25) is 0 Å². The molecular formula is C12H14N2O2. The first kappa shape index (κ1) is 9.63. The Morgan fingerprint density at radius 2 is 2.19 bits per heavy atom. The van der Waals surface area contributed by atoms with Gasteiger partial charge in [0.05, 0.1) is 0 Å². The van der Waals surface area contributed by atoms with Gasteiger partial charge in [0.1, 0.15) is 11.1 Å². The van der Waals surface area contributed by atoms with Crippen LogP contribution in [0.1, 0.15) is 43.0 Å². The van der Waals surface area contributed by atoms with Gasteiger partial charge < -0.3 is 9.51 Å². The number of pyridine rings is 1. The molecule has 4 nitrogen and oxygen atoms in total. The van der Waals surface area contributed by atoms with Gasteiger partial charge in [-0.15, -0.1) is 0 Å². The standard InChI is InChI=1S/C12H14N2O2/c1-7-6-9(15)10-11(8-4-2-3-5-8)14-16-12(10)13-7/h6,8H,2-5H2,1H3,(H,13,15). The molecule has 0 unspecified atom stereocenters. The van der Waals surface area contributed by atoms with Gasteiger partial charge in [0.15, 0.2) is 5.43 Å². The van der Waals surface area contributed by atoms with Gasteiger partial charge in [0, 0.05) is 17.7 Å². The lowest BCUT2D eigenvalue weighted by molar-refractivity contribution is 0.430. The summed E-state index contributed by atoms with van der Waals surface area (Å²) in [4.78, 5) is 15.0. The van der Waals surface area contributed by atoms with E-state index in [1.165, 1.54) is 12.8 Å². The second kappa shape index (κ2) is 3.47. The zero-order chi connectivity index (χ0) is 11.1. The fourth-order valence-electron chi connectivity index (χ4n) is 2.59. The Balaban J connectivity index is 2.22. The van der Waals surface area contributed by atoms with Crippen LogP contribution in [0.4, 0.5) is 0 Å². The summed E-state index contributed by atoms with van der Waals surface area (Å²) in [5.41, 5.74) is 2.21. The van der Waals surface area contributed by atoms with Gasteiger partial charge in [-0.3, -0.25) is 4.79 Å². The first-order chi connectivity index (χ1) is 7.75. The van der Waals surface area contributed by atoms with E-state index in [-0.39, 0.29) is 5.43 Å². The molecule has 0 saturated heterocycles. The molecule has 1 N–H and O–H groups in total. The third-order valence-electron chi connectivity index (χ3n) is 3.37. The van der Waals surface area contributed by atoms with E-state index in [4.69, 9.17) is 4.52 Å². The summed E-state index contributed by atoms with van der Waals surface area (Å²) in [5.74, 6) is 0.407. The minimum atomic E-state index is 0.0226. The first-order valence-corrected chi connectivity index (χ1v) is 5.75. The van der Waals surface area contributed by atoms with Crippen LogP contribution in [0.5, 0.6) is 0 Å². The van der Waals surface area contributed by atoms with E-state index >= 15 is 0 Å².